The van der Waals surface area contributed by atoms with Crippen LogP contribution < -0.4 is 14.2 Å². The van der Waals surface area contributed by atoms with Gasteiger partial charge in [0.2, 0.25) is 0 Å². The summed E-state index contributed by atoms with van der Waals surface area (Å²) in [6.07, 6.45) is 11.7. The summed E-state index contributed by atoms with van der Waals surface area (Å²) in [5, 5.41) is 0. The number of ether oxygens (including phenoxy) is 9. The summed E-state index contributed by atoms with van der Waals surface area (Å²) in [5.41, 5.74) is 3.07. The van der Waals surface area contributed by atoms with E-state index in [1.165, 1.54) is 21.3 Å². The summed E-state index contributed by atoms with van der Waals surface area (Å²) in [4.78, 5) is 35.1. The van der Waals surface area contributed by atoms with Crippen molar-refractivity contribution in [2.75, 3.05) is 74.2 Å². The number of hydrogen-bond acceptors (Lipinski definition) is 12. The van der Waals surface area contributed by atoms with Crippen LogP contribution in [0.1, 0.15) is 93.7 Å². The van der Waals surface area contributed by atoms with Gasteiger partial charge < -0.3 is 42.6 Å². The second-order valence-electron chi connectivity index (χ2n) is 14.9. The van der Waals surface area contributed by atoms with Gasteiger partial charge in [0.25, 0.3) is 0 Å². The van der Waals surface area contributed by atoms with Crippen LogP contribution in [-0.2, 0) is 42.8 Å². The first-order chi connectivity index (χ1) is 30.7. The normalized spacial score (nSPS) is 10.9. The molecule has 0 aliphatic carbocycles. The van der Waals surface area contributed by atoms with Gasteiger partial charge in [0, 0.05) is 19.8 Å². The Hall–Kier alpha value is -5.43. The van der Waals surface area contributed by atoms with Crippen molar-refractivity contribution in [3.63, 3.8) is 0 Å². The number of carbonyl (C=O) groups excluding carboxylic acids is 3. The maximum atomic E-state index is 11.7. The van der Waals surface area contributed by atoms with E-state index >= 15 is 0 Å². The molecule has 0 atom stereocenters. The Morgan fingerprint density at radius 1 is 0.397 bits per heavy atom. The SMILES string of the molecule is C=C(C(=O)OC)c1ccc(OCCCCCCOCC(COCCCCCCOc2ccc(C(=C)C(=O)OC)cc2)OCCCCCCOc2ccc(C(=C)C(=O)OC)cc2)cc1. The average Bonchev–Trinajstić information content (AvgIpc) is 3.32. The Kier molecular flexibility index (Phi) is 25.9. The highest BCUT2D eigenvalue weighted by molar-refractivity contribution is 6.16. The first kappa shape index (κ1) is 51.9. The fraction of sp³-hybridized carbons (Fsp3) is 0.471. The quantitative estimate of drug-likeness (QED) is 0.0241. The Labute approximate surface area is 374 Å². The van der Waals surface area contributed by atoms with Gasteiger partial charge in [0.1, 0.15) is 23.4 Å². The van der Waals surface area contributed by atoms with Gasteiger partial charge in [-0.2, -0.15) is 0 Å². The molecule has 344 valence electrons. The van der Waals surface area contributed by atoms with E-state index in [9.17, 15) is 14.4 Å². The van der Waals surface area contributed by atoms with Crippen LogP contribution in [0.5, 0.6) is 17.2 Å². The van der Waals surface area contributed by atoms with E-state index in [0.29, 0.717) is 86.3 Å². The lowest BCUT2D eigenvalue weighted by molar-refractivity contribution is -0.134. The zero-order valence-corrected chi connectivity index (χ0v) is 37.7. The van der Waals surface area contributed by atoms with E-state index in [1.54, 1.807) is 36.4 Å². The van der Waals surface area contributed by atoms with Crippen molar-refractivity contribution in [2.45, 2.75) is 83.2 Å². The molecule has 63 heavy (non-hydrogen) atoms. The first-order valence-corrected chi connectivity index (χ1v) is 21.9. The molecule has 0 saturated heterocycles. The summed E-state index contributed by atoms with van der Waals surface area (Å²) in [5.74, 6) is 0.909. The lowest BCUT2D eigenvalue weighted by Gasteiger charge is -2.18. The molecule has 0 fully saturated rings. The van der Waals surface area contributed by atoms with Crippen LogP contribution in [0.25, 0.3) is 16.7 Å². The van der Waals surface area contributed by atoms with Crippen molar-refractivity contribution in [2.24, 2.45) is 0 Å². The molecular weight excluding hydrogens is 805 g/mol. The summed E-state index contributed by atoms with van der Waals surface area (Å²) in [6.45, 7) is 16.1. The summed E-state index contributed by atoms with van der Waals surface area (Å²) < 4.78 is 50.2. The Balaban J connectivity index is 1.28. The molecule has 0 heterocycles. The van der Waals surface area contributed by atoms with Gasteiger partial charge in [-0.05, 0) is 111 Å². The van der Waals surface area contributed by atoms with Crippen molar-refractivity contribution < 1.29 is 57.0 Å². The summed E-state index contributed by atoms with van der Waals surface area (Å²) in [6, 6.07) is 21.9. The van der Waals surface area contributed by atoms with Crippen LogP contribution in [-0.4, -0.2) is 98.2 Å². The van der Waals surface area contributed by atoms with Crippen molar-refractivity contribution >= 4 is 34.6 Å². The molecule has 0 bridgehead atoms. The molecule has 3 rings (SSSR count). The molecule has 3 aromatic rings. The Morgan fingerprint density at radius 2 is 0.667 bits per heavy atom. The minimum absolute atomic E-state index is 0.138. The molecule has 3 aromatic carbocycles. The molecule has 0 aliphatic heterocycles. The monoisotopic (exact) mass is 872 g/mol. The number of methoxy groups -OCH3 is 3. The van der Waals surface area contributed by atoms with Gasteiger partial charge in [0.05, 0.1) is 71.1 Å². The second-order valence-corrected chi connectivity index (χ2v) is 14.9. The molecule has 12 heteroatoms. The molecule has 0 aromatic heterocycles. The van der Waals surface area contributed by atoms with Crippen LogP contribution in [0, 0.1) is 0 Å². The maximum absolute atomic E-state index is 11.7. The smallest absolute Gasteiger partial charge is 0.337 e. The summed E-state index contributed by atoms with van der Waals surface area (Å²) >= 11 is 0. The van der Waals surface area contributed by atoms with E-state index in [0.717, 1.165) is 94.3 Å². The first-order valence-electron chi connectivity index (χ1n) is 21.9. The van der Waals surface area contributed by atoms with E-state index in [2.05, 4.69) is 19.7 Å². The van der Waals surface area contributed by atoms with E-state index in [-0.39, 0.29) is 6.10 Å². The Bertz CT molecular complexity index is 1710. The molecule has 0 aliphatic rings. The van der Waals surface area contributed by atoms with Crippen LogP contribution in [0.4, 0.5) is 0 Å². The van der Waals surface area contributed by atoms with Crippen molar-refractivity contribution in [1.29, 1.82) is 0 Å². The number of benzene rings is 3. The number of unbranched alkanes of at least 4 members (excludes halogenated alkanes) is 9. The predicted octanol–water partition coefficient (Wildman–Crippen LogP) is 9.88. The van der Waals surface area contributed by atoms with Crippen LogP contribution in [0.3, 0.4) is 0 Å². The zero-order chi connectivity index (χ0) is 45.5. The fourth-order valence-electron chi connectivity index (χ4n) is 6.25. The number of rotatable bonds is 35. The Morgan fingerprint density at radius 3 is 0.952 bits per heavy atom. The lowest BCUT2D eigenvalue weighted by atomic mass is 10.1. The largest absolute Gasteiger partial charge is 0.494 e. The molecule has 0 saturated carbocycles. The molecule has 0 spiro atoms. The lowest BCUT2D eigenvalue weighted by Crippen LogP contribution is -2.27. The second kappa shape index (κ2) is 31.4. The molecular formula is C51H68O12. The minimum Gasteiger partial charge on any atom is -0.494 e. The standard InChI is InChI=1S/C51H68O12/c1-39(49(52)55-4)42-19-25-45(26-20-42)60-33-15-9-7-13-31-58-37-48(63-36-18-12-11-17-35-62-47-29-23-44(24-30-47)41(3)51(54)57-6)38-59-32-14-8-10-16-34-61-46-27-21-43(22-28-46)40(2)50(53)56-5/h19-30,48H,1-3,7-18,31-38H2,4-6H3. The summed E-state index contributed by atoms with van der Waals surface area (Å²) in [7, 11) is 4.02. The van der Waals surface area contributed by atoms with E-state index in [4.69, 9.17) is 42.6 Å². The molecule has 12 nitrogen and oxygen atoms in total. The van der Waals surface area contributed by atoms with Crippen molar-refractivity contribution in [1.82, 2.24) is 0 Å². The highest BCUT2D eigenvalue weighted by atomic mass is 16.6. The predicted molar refractivity (Wildman–Crippen MR) is 246 cm³/mol. The van der Waals surface area contributed by atoms with Gasteiger partial charge in [-0.1, -0.05) is 75.4 Å². The highest BCUT2D eigenvalue weighted by Gasteiger charge is 2.13. The highest BCUT2D eigenvalue weighted by Crippen LogP contribution is 2.22. The molecule has 0 radical (unpaired) electrons. The third-order valence-corrected chi connectivity index (χ3v) is 10.1. The van der Waals surface area contributed by atoms with E-state index < -0.39 is 17.9 Å². The third-order valence-electron chi connectivity index (χ3n) is 10.1. The van der Waals surface area contributed by atoms with Gasteiger partial charge in [-0.15, -0.1) is 0 Å². The van der Waals surface area contributed by atoms with Gasteiger partial charge in [-0.3, -0.25) is 0 Å². The molecule has 0 N–H and O–H groups in total. The van der Waals surface area contributed by atoms with Crippen LogP contribution in [0.2, 0.25) is 0 Å². The number of esters is 3. The van der Waals surface area contributed by atoms with E-state index in [1.807, 2.05) is 36.4 Å². The maximum Gasteiger partial charge on any atom is 0.337 e. The van der Waals surface area contributed by atoms with Crippen LogP contribution >= 0.6 is 0 Å². The van der Waals surface area contributed by atoms with Gasteiger partial charge in [-0.25, -0.2) is 14.4 Å². The topological polar surface area (TPSA) is 134 Å². The van der Waals surface area contributed by atoms with Gasteiger partial charge >= 0.3 is 17.9 Å². The fourth-order valence-corrected chi connectivity index (χ4v) is 6.25. The van der Waals surface area contributed by atoms with Crippen LogP contribution in [0.15, 0.2) is 92.5 Å². The number of carbonyl (C=O) groups is 3. The average molecular weight is 873 g/mol. The third kappa shape index (κ3) is 21.0. The van der Waals surface area contributed by atoms with Crippen molar-refractivity contribution in [3.8, 4) is 17.2 Å². The number of hydrogen-bond donors (Lipinski definition) is 0. The zero-order valence-electron chi connectivity index (χ0n) is 37.7. The molecule has 0 amide bonds. The minimum atomic E-state index is -0.449. The van der Waals surface area contributed by atoms with Gasteiger partial charge in [0.15, 0.2) is 0 Å². The molecule has 0 unspecified atom stereocenters. The van der Waals surface area contributed by atoms with Crippen molar-refractivity contribution in [3.05, 3.63) is 109 Å².